The zero-order valence-electron chi connectivity index (χ0n) is 13.0. The second kappa shape index (κ2) is 7.93. The van der Waals surface area contributed by atoms with Crippen LogP contribution in [-0.2, 0) is 0 Å². The Balaban J connectivity index is 1.97. The van der Waals surface area contributed by atoms with Crippen LogP contribution in [0.4, 0.5) is 5.82 Å². The highest BCUT2D eigenvalue weighted by Gasteiger charge is 2.14. The van der Waals surface area contributed by atoms with Crippen molar-refractivity contribution in [1.82, 2.24) is 20.2 Å². The molecule has 0 spiro atoms. The number of rotatable bonds is 5. The largest absolute Gasteiger partial charge is 0.357 e. The molecule has 0 unspecified atom stereocenters. The maximum atomic E-state index is 12.1. The van der Waals surface area contributed by atoms with E-state index in [9.17, 15) is 4.79 Å². The van der Waals surface area contributed by atoms with Crippen molar-refractivity contribution >= 4 is 11.7 Å². The number of carbonyl (C=O) groups is 1. The molecule has 6 nitrogen and oxygen atoms in total. The number of aromatic nitrogens is 2. The zero-order chi connectivity index (χ0) is 15.1. The molecule has 1 aromatic rings. The van der Waals surface area contributed by atoms with Gasteiger partial charge in [-0.05, 0) is 26.9 Å². The highest BCUT2D eigenvalue weighted by Crippen LogP contribution is 2.17. The fourth-order valence-electron chi connectivity index (χ4n) is 2.43. The van der Waals surface area contributed by atoms with E-state index in [0.717, 1.165) is 25.5 Å². The van der Waals surface area contributed by atoms with Crippen LogP contribution in [0.3, 0.4) is 0 Å². The average Bonchev–Trinajstić information content (AvgIpc) is 2.76. The van der Waals surface area contributed by atoms with Crippen molar-refractivity contribution < 1.29 is 4.79 Å². The maximum absolute atomic E-state index is 12.1. The van der Waals surface area contributed by atoms with Crippen LogP contribution >= 0.6 is 0 Å². The summed E-state index contributed by atoms with van der Waals surface area (Å²) in [6, 6.07) is 1.80. The van der Waals surface area contributed by atoms with E-state index in [2.05, 4.69) is 20.2 Å². The highest BCUT2D eigenvalue weighted by molar-refractivity contribution is 5.92. The topological polar surface area (TPSA) is 61.4 Å². The SMILES string of the molecule is CN(C)CCNC(=O)c1cc(N2CCCCCC2)ncn1. The standard InChI is InChI=1S/C15H25N5O/c1-19(2)10-7-16-15(21)13-11-14(18-12-17-13)20-8-5-3-4-6-9-20/h11-12H,3-10H2,1-2H3,(H,16,21). The van der Waals surface area contributed by atoms with E-state index in [4.69, 9.17) is 0 Å². The maximum Gasteiger partial charge on any atom is 0.270 e. The lowest BCUT2D eigenvalue weighted by Crippen LogP contribution is -2.32. The lowest BCUT2D eigenvalue weighted by Gasteiger charge is -2.21. The quantitative estimate of drug-likeness (QED) is 0.882. The van der Waals surface area contributed by atoms with Gasteiger partial charge in [0.15, 0.2) is 0 Å². The molecular weight excluding hydrogens is 266 g/mol. The first kappa shape index (κ1) is 15.7. The molecule has 1 aliphatic rings. The molecule has 1 saturated heterocycles. The van der Waals surface area contributed by atoms with E-state index < -0.39 is 0 Å². The lowest BCUT2D eigenvalue weighted by molar-refractivity contribution is 0.0946. The van der Waals surface area contributed by atoms with Gasteiger partial charge in [-0.25, -0.2) is 9.97 Å². The Morgan fingerprint density at radius 1 is 1.24 bits per heavy atom. The highest BCUT2D eigenvalue weighted by atomic mass is 16.1. The zero-order valence-corrected chi connectivity index (χ0v) is 13.0. The Labute approximate surface area is 126 Å². The Morgan fingerprint density at radius 3 is 2.62 bits per heavy atom. The predicted octanol–water partition coefficient (Wildman–Crippen LogP) is 1.15. The van der Waals surface area contributed by atoms with Crippen LogP contribution in [0, 0.1) is 0 Å². The van der Waals surface area contributed by atoms with Gasteiger partial charge in [0.1, 0.15) is 17.8 Å². The fraction of sp³-hybridized carbons (Fsp3) is 0.667. The minimum atomic E-state index is -0.129. The van der Waals surface area contributed by atoms with Gasteiger partial charge < -0.3 is 15.1 Å². The van der Waals surface area contributed by atoms with Crippen molar-refractivity contribution in [3.63, 3.8) is 0 Å². The molecule has 116 valence electrons. The summed E-state index contributed by atoms with van der Waals surface area (Å²) in [6.45, 7) is 3.46. The second-order valence-corrected chi connectivity index (χ2v) is 5.72. The van der Waals surface area contributed by atoms with Crippen LogP contribution < -0.4 is 10.2 Å². The Bertz CT molecular complexity index is 455. The van der Waals surface area contributed by atoms with E-state index in [1.165, 1.54) is 32.0 Å². The van der Waals surface area contributed by atoms with Crippen molar-refractivity contribution in [3.8, 4) is 0 Å². The second-order valence-electron chi connectivity index (χ2n) is 5.72. The van der Waals surface area contributed by atoms with Gasteiger partial charge in [0.05, 0.1) is 0 Å². The first-order chi connectivity index (χ1) is 10.2. The van der Waals surface area contributed by atoms with Gasteiger partial charge in [0.2, 0.25) is 0 Å². The summed E-state index contributed by atoms with van der Waals surface area (Å²) in [5, 5.41) is 2.88. The van der Waals surface area contributed by atoms with E-state index in [1.54, 1.807) is 6.07 Å². The van der Waals surface area contributed by atoms with Gasteiger partial charge in [0, 0.05) is 32.2 Å². The van der Waals surface area contributed by atoms with Gasteiger partial charge >= 0.3 is 0 Å². The normalized spacial score (nSPS) is 15.9. The minimum absolute atomic E-state index is 0.129. The summed E-state index contributed by atoms with van der Waals surface area (Å²) in [6.07, 6.45) is 6.42. The van der Waals surface area contributed by atoms with Gasteiger partial charge in [-0.1, -0.05) is 12.8 Å². The van der Waals surface area contributed by atoms with Gasteiger partial charge in [-0.15, -0.1) is 0 Å². The van der Waals surface area contributed by atoms with E-state index in [-0.39, 0.29) is 5.91 Å². The summed E-state index contributed by atoms with van der Waals surface area (Å²) >= 11 is 0. The number of hydrogen-bond donors (Lipinski definition) is 1. The monoisotopic (exact) mass is 291 g/mol. The molecule has 1 N–H and O–H groups in total. The summed E-state index contributed by atoms with van der Waals surface area (Å²) < 4.78 is 0. The van der Waals surface area contributed by atoms with Crippen LogP contribution in [0.15, 0.2) is 12.4 Å². The van der Waals surface area contributed by atoms with Crippen molar-refractivity contribution in [3.05, 3.63) is 18.1 Å². The van der Waals surface area contributed by atoms with Crippen molar-refractivity contribution in [2.45, 2.75) is 25.7 Å². The van der Waals surface area contributed by atoms with Gasteiger partial charge in [-0.3, -0.25) is 4.79 Å². The number of nitrogens with one attached hydrogen (secondary N) is 1. The van der Waals surface area contributed by atoms with Crippen molar-refractivity contribution in [1.29, 1.82) is 0 Å². The lowest BCUT2D eigenvalue weighted by atomic mass is 10.2. The molecule has 2 heterocycles. The third-order valence-electron chi connectivity index (χ3n) is 3.66. The number of anilines is 1. The number of carbonyl (C=O) groups excluding carboxylic acids is 1. The molecule has 0 saturated carbocycles. The van der Waals surface area contributed by atoms with Crippen LogP contribution in [0.2, 0.25) is 0 Å². The smallest absolute Gasteiger partial charge is 0.270 e. The average molecular weight is 291 g/mol. The first-order valence-corrected chi connectivity index (χ1v) is 7.67. The van der Waals surface area contributed by atoms with Crippen LogP contribution in [0.1, 0.15) is 36.2 Å². The third kappa shape index (κ3) is 4.97. The molecule has 0 radical (unpaired) electrons. The van der Waals surface area contributed by atoms with Crippen molar-refractivity contribution in [2.24, 2.45) is 0 Å². The molecular formula is C15H25N5O. The molecule has 0 aliphatic carbocycles. The first-order valence-electron chi connectivity index (χ1n) is 7.67. The molecule has 0 bridgehead atoms. The predicted molar refractivity (Wildman–Crippen MR) is 83.6 cm³/mol. The Morgan fingerprint density at radius 2 is 1.95 bits per heavy atom. The van der Waals surface area contributed by atoms with E-state index in [1.807, 2.05) is 19.0 Å². The molecule has 0 atom stereocenters. The summed E-state index contributed by atoms with van der Waals surface area (Å²) in [7, 11) is 3.96. The summed E-state index contributed by atoms with van der Waals surface area (Å²) in [5.74, 6) is 0.736. The fourth-order valence-corrected chi connectivity index (χ4v) is 2.43. The van der Waals surface area contributed by atoms with Crippen LogP contribution in [0.25, 0.3) is 0 Å². The Kier molecular flexibility index (Phi) is 5.92. The molecule has 21 heavy (non-hydrogen) atoms. The molecule has 0 aromatic carbocycles. The number of nitrogens with zero attached hydrogens (tertiary/aromatic N) is 4. The summed E-state index contributed by atoms with van der Waals surface area (Å²) in [5.41, 5.74) is 0.447. The molecule has 1 aromatic heterocycles. The number of amides is 1. The number of hydrogen-bond acceptors (Lipinski definition) is 5. The molecule has 1 fully saturated rings. The van der Waals surface area contributed by atoms with Crippen LogP contribution in [-0.4, -0.2) is 61.0 Å². The third-order valence-corrected chi connectivity index (χ3v) is 3.66. The van der Waals surface area contributed by atoms with Gasteiger partial charge in [-0.2, -0.15) is 0 Å². The van der Waals surface area contributed by atoms with Crippen LogP contribution in [0.5, 0.6) is 0 Å². The summed E-state index contributed by atoms with van der Waals surface area (Å²) in [4.78, 5) is 24.8. The molecule has 1 amide bonds. The molecule has 2 rings (SSSR count). The molecule has 6 heteroatoms. The van der Waals surface area contributed by atoms with Crippen molar-refractivity contribution in [2.75, 3.05) is 45.2 Å². The van der Waals surface area contributed by atoms with Gasteiger partial charge in [0.25, 0.3) is 5.91 Å². The van der Waals surface area contributed by atoms with E-state index >= 15 is 0 Å². The minimum Gasteiger partial charge on any atom is -0.357 e. The molecule has 1 aliphatic heterocycles. The van der Waals surface area contributed by atoms with E-state index in [0.29, 0.717) is 12.2 Å². The number of likely N-dealkylation sites (N-methyl/N-ethyl adjacent to an activating group) is 1. The Hall–Kier alpha value is -1.69.